The number of carbonyl (C=O) groups is 1. The molecule has 2 heterocycles. The third-order valence-corrected chi connectivity index (χ3v) is 2.63. The third kappa shape index (κ3) is 3.28. The first-order valence-electron chi connectivity index (χ1n) is 5.85. The van der Waals surface area contributed by atoms with Crippen LogP contribution >= 0.6 is 0 Å². The molecule has 0 radical (unpaired) electrons. The largest absolute Gasteiger partial charge is 0.461 e. The van der Waals surface area contributed by atoms with Gasteiger partial charge in [0.15, 0.2) is 11.5 Å². The molecule has 1 aromatic rings. The van der Waals surface area contributed by atoms with Crippen molar-refractivity contribution >= 4 is 5.97 Å². The van der Waals surface area contributed by atoms with Crippen LogP contribution in [-0.4, -0.2) is 48.8 Å². The normalized spacial score (nSPS) is 17.0. The average molecular weight is 239 g/mol. The highest BCUT2D eigenvalue weighted by molar-refractivity contribution is 5.87. The van der Waals surface area contributed by atoms with Crippen molar-refractivity contribution in [2.24, 2.45) is 0 Å². The Bertz CT molecular complexity index is 372. The number of carbonyl (C=O) groups excluding carboxylic acids is 1. The zero-order valence-electron chi connectivity index (χ0n) is 9.94. The van der Waals surface area contributed by atoms with Gasteiger partial charge in [-0.3, -0.25) is 4.90 Å². The fourth-order valence-electron chi connectivity index (χ4n) is 1.78. The molecular formula is C11H17N3O3. The Morgan fingerprint density at radius 2 is 2.35 bits per heavy atom. The van der Waals surface area contributed by atoms with E-state index in [1.54, 1.807) is 13.0 Å². The van der Waals surface area contributed by atoms with E-state index in [9.17, 15) is 4.79 Å². The van der Waals surface area contributed by atoms with Gasteiger partial charge in [-0.05, 0) is 6.92 Å². The molecule has 0 unspecified atom stereocenters. The van der Waals surface area contributed by atoms with Crippen LogP contribution in [0, 0.1) is 0 Å². The minimum absolute atomic E-state index is 0.247. The number of piperazine rings is 1. The van der Waals surface area contributed by atoms with Crippen LogP contribution in [0.4, 0.5) is 0 Å². The Kier molecular flexibility index (Phi) is 4.11. The lowest BCUT2D eigenvalue weighted by molar-refractivity contribution is 0.0514. The van der Waals surface area contributed by atoms with Gasteiger partial charge in [0, 0.05) is 32.2 Å². The average Bonchev–Trinajstić information content (AvgIpc) is 2.79. The van der Waals surface area contributed by atoms with Gasteiger partial charge in [0.05, 0.1) is 13.2 Å². The van der Waals surface area contributed by atoms with Gasteiger partial charge in [0.25, 0.3) is 0 Å². The highest BCUT2D eigenvalue weighted by atomic mass is 16.5. The number of esters is 1. The Hall–Kier alpha value is -1.40. The van der Waals surface area contributed by atoms with Gasteiger partial charge in [-0.15, -0.1) is 0 Å². The lowest BCUT2D eigenvalue weighted by Crippen LogP contribution is -2.42. The van der Waals surface area contributed by atoms with Crippen LogP contribution in [0.5, 0.6) is 0 Å². The van der Waals surface area contributed by atoms with Crippen molar-refractivity contribution < 1.29 is 14.1 Å². The zero-order chi connectivity index (χ0) is 12.1. The molecule has 6 nitrogen and oxygen atoms in total. The van der Waals surface area contributed by atoms with Gasteiger partial charge in [0.2, 0.25) is 0 Å². The summed E-state index contributed by atoms with van der Waals surface area (Å²) < 4.78 is 9.97. The van der Waals surface area contributed by atoms with E-state index in [-0.39, 0.29) is 5.69 Å². The molecular weight excluding hydrogens is 222 g/mol. The monoisotopic (exact) mass is 239 g/mol. The molecule has 0 amide bonds. The Morgan fingerprint density at radius 3 is 3.06 bits per heavy atom. The molecule has 1 aliphatic heterocycles. The molecule has 0 bridgehead atoms. The van der Waals surface area contributed by atoms with Crippen molar-refractivity contribution in [2.45, 2.75) is 13.5 Å². The van der Waals surface area contributed by atoms with Gasteiger partial charge in [-0.2, -0.15) is 0 Å². The van der Waals surface area contributed by atoms with Gasteiger partial charge in [0.1, 0.15) is 0 Å². The molecule has 1 saturated heterocycles. The van der Waals surface area contributed by atoms with Crippen LogP contribution in [0.1, 0.15) is 23.2 Å². The standard InChI is InChI=1S/C11H17N3O3/c1-2-16-11(15)10-7-9(17-13-10)8-14-5-3-12-4-6-14/h7,12H,2-6,8H2,1H3. The van der Waals surface area contributed by atoms with E-state index in [2.05, 4.69) is 15.4 Å². The quantitative estimate of drug-likeness (QED) is 0.760. The zero-order valence-corrected chi connectivity index (χ0v) is 9.94. The van der Waals surface area contributed by atoms with Gasteiger partial charge < -0.3 is 14.6 Å². The molecule has 1 N–H and O–H groups in total. The van der Waals surface area contributed by atoms with Crippen molar-refractivity contribution in [3.8, 4) is 0 Å². The maximum Gasteiger partial charge on any atom is 0.360 e. The highest BCUT2D eigenvalue weighted by Gasteiger charge is 2.16. The molecule has 0 aromatic carbocycles. The van der Waals surface area contributed by atoms with Crippen molar-refractivity contribution in [1.82, 2.24) is 15.4 Å². The fraction of sp³-hybridized carbons (Fsp3) is 0.636. The summed E-state index contributed by atoms with van der Waals surface area (Å²) in [4.78, 5) is 13.6. The van der Waals surface area contributed by atoms with E-state index in [1.807, 2.05) is 0 Å². The Morgan fingerprint density at radius 1 is 1.59 bits per heavy atom. The SMILES string of the molecule is CCOC(=O)c1cc(CN2CCNCC2)on1. The first-order valence-corrected chi connectivity index (χ1v) is 5.85. The van der Waals surface area contributed by atoms with Crippen LogP contribution in [0.2, 0.25) is 0 Å². The Balaban J connectivity index is 1.91. The molecule has 0 aliphatic carbocycles. The molecule has 2 rings (SSSR count). The van der Waals surface area contributed by atoms with Crippen molar-refractivity contribution in [2.75, 3.05) is 32.8 Å². The van der Waals surface area contributed by atoms with Crippen LogP contribution in [0.25, 0.3) is 0 Å². The van der Waals surface area contributed by atoms with E-state index >= 15 is 0 Å². The minimum Gasteiger partial charge on any atom is -0.461 e. The summed E-state index contributed by atoms with van der Waals surface area (Å²) in [7, 11) is 0. The first kappa shape index (κ1) is 12.1. The summed E-state index contributed by atoms with van der Waals surface area (Å²) in [5.74, 6) is 0.276. The fourth-order valence-corrected chi connectivity index (χ4v) is 1.78. The second kappa shape index (κ2) is 5.79. The van der Waals surface area contributed by atoms with Gasteiger partial charge >= 0.3 is 5.97 Å². The molecule has 0 atom stereocenters. The molecule has 0 spiro atoms. The summed E-state index contributed by atoms with van der Waals surface area (Å²) >= 11 is 0. The van der Waals surface area contributed by atoms with Crippen LogP contribution in [0.15, 0.2) is 10.6 Å². The number of aromatic nitrogens is 1. The van der Waals surface area contributed by atoms with Crippen molar-refractivity contribution in [1.29, 1.82) is 0 Å². The van der Waals surface area contributed by atoms with Gasteiger partial charge in [-0.25, -0.2) is 4.79 Å². The van der Waals surface area contributed by atoms with E-state index < -0.39 is 5.97 Å². The number of nitrogens with one attached hydrogen (secondary N) is 1. The summed E-state index contributed by atoms with van der Waals surface area (Å²) in [5, 5.41) is 6.99. The molecule has 94 valence electrons. The van der Waals surface area contributed by atoms with Crippen LogP contribution in [-0.2, 0) is 11.3 Å². The molecule has 17 heavy (non-hydrogen) atoms. The van der Waals surface area contributed by atoms with Crippen LogP contribution < -0.4 is 5.32 Å². The maximum atomic E-state index is 11.4. The summed E-state index contributed by atoms with van der Waals surface area (Å²) in [6.45, 7) is 6.73. The maximum absolute atomic E-state index is 11.4. The predicted octanol–water partition coefficient (Wildman–Crippen LogP) is 0.256. The third-order valence-electron chi connectivity index (χ3n) is 2.63. The van der Waals surface area contributed by atoms with E-state index in [0.29, 0.717) is 18.9 Å². The van der Waals surface area contributed by atoms with Crippen molar-refractivity contribution in [3.63, 3.8) is 0 Å². The lowest BCUT2D eigenvalue weighted by atomic mass is 10.3. The number of hydrogen-bond acceptors (Lipinski definition) is 6. The smallest absolute Gasteiger partial charge is 0.360 e. The highest BCUT2D eigenvalue weighted by Crippen LogP contribution is 2.09. The number of ether oxygens (including phenoxy) is 1. The summed E-state index contributed by atoms with van der Waals surface area (Å²) in [6.07, 6.45) is 0. The van der Waals surface area contributed by atoms with Crippen LogP contribution in [0.3, 0.4) is 0 Å². The van der Waals surface area contributed by atoms with Gasteiger partial charge in [-0.1, -0.05) is 5.16 Å². The van der Waals surface area contributed by atoms with E-state index in [1.165, 1.54) is 0 Å². The Labute approximate surface area is 99.9 Å². The second-order valence-corrected chi connectivity index (χ2v) is 3.93. The summed E-state index contributed by atoms with van der Waals surface area (Å²) in [6, 6.07) is 1.65. The molecule has 1 aliphatic rings. The molecule has 6 heteroatoms. The molecule has 1 aromatic heterocycles. The predicted molar refractivity (Wildman–Crippen MR) is 60.6 cm³/mol. The number of rotatable bonds is 4. The van der Waals surface area contributed by atoms with Crippen molar-refractivity contribution in [3.05, 3.63) is 17.5 Å². The summed E-state index contributed by atoms with van der Waals surface area (Å²) in [5.41, 5.74) is 0.247. The molecule has 1 fully saturated rings. The topological polar surface area (TPSA) is 67.6 Å². The minimum atomic E-state index is -0.428. The molecule has 0 saturated carbocycles. The first-order chi connectivity index (χ1) is 8.29. The second-order valence-electron chi connectivity index (χ2n) is 3.93. The van der Waals surface area contributed by atoms with E-state index in [4.69, 9.17) is 9.26 Å². The van der Waals surface area contributed by atoms with E-state index in [0.717, 1.165) is 26.2 Å². The number of hydrogen-bond donors (Lipinski definition) is 1. The lowest BCUT2D eigenvalue weighted by Gasteiger charge is -2.25. The number of nitrogens with zero attached hydrogens (tertiary/aromatic N) is 2.